The first-order chi connectivity index (χ1) is 12.8. The van der Waals surface area contributed by atoms with Crippen LogP contribution in [0.15, 0.2) is 6.20 Å². The van der Waals surface area contributed by atoms with E-state index in [0.717, 1.165) is 30.9 Å². The molecule has 2 aliphatic carbocycles. The first kappa shape index (κ1) is 16.9. The molecular formula is C20H29N3O3. The fourth-order valence-electron chi connectivity index (χ4n) is 5.05. The van der Waals surface area contributed by atoms with Gasteiger partial charge in [0.25, 0.3) is 0 Å². The number of hydrogen-bond acceptors (Lipinski definition) is 5. The summed E-state index contributed by atoms with van der Waals surface area (Å²) in [6.45, 7) is 1.24. The van der Waals surface area contributed by atoms with Crippen molar-refractivity contribution in [3.05, 3.63) is 11.9 Å². The van der Waals surface area contributed by atoms with E-state index in [9.17, 15) is 4.79 Å². The van der Waals surface area contributed by atoms with E-state index in [1.165, 1.54) is 32.1 Å². The Balaban J connectivity index is 1.21. The van der Waals surface area contributed by atoms with Gasteiger partial charge in [-0.3, -0.25) is 4.79 Å². The van der Waals surface area contributed by atoms with E-state index < -0.39 is 0 Å². The van der Waals surface area contributed by atoms with Gasteiger partial charge in [-0.15, -0.1) is 5.10 Å². The lowest BCUT2D eigenvalue weighted by atomic mass is 9.86. The van der Waals surface area contributed by atoms with Gasteiger partial charge in [0.05, 0.1) is 25.0 Å². The van der Waals surface area contributed by atoms with E-state index in [2.05, 4.69) is 16.5 Å². The van der Waals surface area contributed by atoms with Crippen molar-refractivity contribution in [3.63, 3.8) is 0 Å². The van der Waals surface area contributed by atoms with Crippen LogP contribution in [0, 0.1) is 17.8 Å². The molecule has 0 amide bonds. The number of carbonyl (C=O) groups excluding carboxylic acids is 1. The Labute approximate surface area is 154 Å². The Morgan fingerprint density at radius 2 is 1.88 bits per heavy atom. The molecular weight excluding hydrogens is 330 g/mol. The average Bonchev–Trinajstić information content (AvgIpc) is 3.08. The molecule has 142 valence electrons. The number of hydrogen-bond donors (Lipinski definition) is 0. The van der Waals surface area contributed by atoms with Crippen LogP contribution >= 0.6 is 0 Å². The largest absolute Gasteiger partial charge is 0.373 e. The van der Waals surface area contributed by atoms with Crippen LogP contribution in [-0.2, 0) is 20.7 Å². The number of aromatic nitrogens is 3. The Morgan fingerprint density at radius 3 is 2.69 bits per heavy atom. The SMILES string of the molecule is O=C(CC1COC2C1OCC2n1cc(CC2CCCCC2)nn1)C1CC1. The summed E-state index contributed by atoms with van der Waals surface area (Å²) < 4.78 is 14.1. The van der Waals surface area contributed by atoms with Gasteiger partial charge in [-0.05, 0) is 25.2 Å². The van der Waals surface area contributed by atoms with Crippen molar-refractivity contribution in [3.8, 4) is 0 Å². The van der Waals surface area contributed by atoms with Crippen molar-refractivity contribution in [2.45, 2.75) is 76.0 Å². The maximum absolute atomic E-state index is 12.2. The van der Waals surface area contributed by atoms with Crippen molar-refractivity contribution >= 4 is 5.78 Å². The zero-order chi connectivity index (χ0) is 17.5. The molecule has 4 aliphatic rings. The maximum Gasteiger partial charge on any atom is 0.136 e. The number of Topliss-reactive ketones (excluding diaryl/α,β-unsaturated/α-hetero) is 1. The molecule has 2 saturated heterocycles. The molecule has 0 spiro atoms. The number of carbonyl (C=O) groups is 1. The van der Waals surface area contributed by atoms with Crippen LogP contribution in [0.3, 0.4) is 0 Å². The summed E-state index contributed by atoms with van der Waals surface area (Å²) >= 11 is 0. The predicted molar refractivity (Wildman–Crippen MR) is 94.7 cm³/mol. The maximum atomic E-state index is 12.2. The molecule has 2 aliphatic heterocycles. The first-order valence-corrected chi connectivity index (χ1v) is 10.4. The lowest BCUT2D eigenvalue weighted by Crippen LogP contribution is -2.29. The normalized spacial score (nSPS) is 34.9. The van der Waals surface area contributed by atoms with E-state index >= 15 is 0 Å². The van der Waals surface area contributed by atoms with Crippen molar-refractivity contribution in [1.29, 1.82) is 0 Å². The van der Waals surface area contributed by atoms with Crippen molar-refractivity contribution in [2.24, 2.45) is 17.8 Å². The number of fused-ring (bicyclic) bond motifs is 1. The lowest BCUT2D eigenvalue weighted by Gasteiger charge is -2.20. The third kappa shape index (κ3) is 3.33. The fourth-order valence-corrected chi connectivity index (χ4v) is 5.05. The number of ether oxygens (including phenoxy) is 2. The highest BCUT2D eigenvalue weighted by Crippen LogP contribution is 2.40. The minimum absolute atomic E-state index is 0.0104. The summed E-state index contributed by atoms with van der Waals surface area (Å²) in [5, 5.41) is 8.80. The van der Waals surface area contributed by atoms with Gasteiger partial charge in [0.1, 0.15) is 17.9 Å². The molecule has 4 atom stereocenters. The van der Waals surface area contributed by atoms with Crippen LogP contribution < -0.4 is 0 Å². The van der Waals surface area contributed by atoms with E-state index in [0.29, 0.717) is 31.3 Å². The summed E-state index contributed by atoms with van der Waals surface area (Å²) in [6, 6.07) is 0.0913. The van der Waals surface area contributed by atoms with Crippen molar-refractivity contribution in [2.75, 3.05) is 13.2 Å². The minimum Gasteiger partial charge on any atom is -0.373 e. The molecule has 1 aromatic heterocycles. The van der Waals surface area contributed by atoms with E-state index in [4.69, 9.17) is 9.47 Å². The summed E-state index contributed by atoms with van der Waals surface area (Å²) in [7, 11) is 0. The highest BCUT2D eigenvalue weighted by molar-refractivity contribution is 5.83. The topological polar surface area (TPSA) is 66.2 Å². The van der Waals surface area contributed by atoms with Gasteiger partial charge in [-0.2, -0.15) is 0 Å². The Bertz CT molecular complexity index is 650. The zero-order valence-corrected chi connectivity index (χ0v) is 15.4. The van der Waals surface area contributed by atoms with Crippen LogP contribution in [0.5, 0.6) is 0 Å². The fraction of sp³-hybridized carbons (Fsp3) is 0.850. The highest BCUT2D eigenvalue weighted by Gasteiger charge is 2.49. The Kier molecular flexibility index (Phi) is 4.57. The molecule has 0 N–H and O–H groups in total. The van der Waals surface area contributed by atoms with Crippen LogP contribution in [0.2, 0.25) is 0 Å². The number of nitrogens with zero attached hydrogens (tertiary/aromatic N) is 3. The van der Waals surface area contributed by atoms with Gasteiger partial charge in [-0.1, -0.05) is 37.3 Å². The molecule has 6 heteroatoms. The summed E-state index contributed by atoms with van der Waals surface area (Å²) in [5.74, 6) is 1.70. The molecule has 0 bridgehead atoms. The number of rotatable bonds is 6. The van der Waals surface area contributed by atoms with Crippen LogP contribution in [0.1, 0.15) is 63.1 Å². The molecule has 5 rings (SSSR count). The minimum atomic E-state index is 0.0104. The summed E-state index contributed by atoms with van der Waals surface area (Å²) in [4.78, 5) is 12.2. The van der Waals surface area contributed by atoms with Crippen LogP contribution in [0.4, 0.5) is 0 Å². The lowest BCUT2D eigenvalue weighted by molar-refractivity contribution is -0.121. The average molecular weight is 359 g/mol. The molecule has 4 unspecified atom stereocenters. The second kappa shape index (κ2) is 7.04. The quantitative estimate of drug-likeness (QED) is 0.781. The van der Waals surface area contributed by atoms with Crippen molar-refractivity contribution in [1.82, 2.24) is 15.0 Å². The predicted octanol–water partition coefficient (Wildman–Crippen LogP) is 2.73. The first-order valence-electron chi connectivity index (χ1n) is 10.4. The van der Waals surface area contributed by atoms with E-state index in [-0.39, 0.29) is 24.2 Å². The van der Waals surface area contributed by atoms with Gasteiger partial charge in [-0.25, -0.2) is 4.68 Å². The zero-order valence-electron chi connectivity index (χ0n) is 15.4. The van der Waals surface area contributed by atoms with Gasteiger partial charge in [0.15, 0.2) is 0 Å². The number of ketones is 1. The molecule has 6 nitrogen and oxygen atoms in total. The molecule has 0 radical (unpaired) electrons. The van der Waals surface area contributed by atoms with Gasteiger partial charge >= 0.3 is 0 Å². The molecule has 2 saturated carbocycles. The Morgan fingerprint density at radius 1 is 1.08 bits per heavy atom. The third-order valence-corrected chi connectivity index (χ3v) is 6.75. The summed E-state index contributed by atoms with van der Waals surface area (Å²) in [5.41, 5.74) is 1.10. The molecule has 4 fully saturated rings. The van der Waals surface area contributed by atoms with Gasteiger partial charge in [0, 0.05) is 24.5 Å². The summed E-state index contributed by atoms with van der Waals surface area (Å²) in [6.07, 6.45) is 12.7. The smallest absolute Gasteiger partial charge is 0.136 e. The molecule has 1 aromatic rings. The standard InChI is InChI=1S/C20H29N3O3/c24-18(14-6-7-14)9-15-11-25-20-17(12-26-19(15)20)23-10-16(21-22-23)8-13-4-2-1-3-5-13/h10,13-15,17,19-20H,1-9,11-12H2. The second-order valence-electron chi connectivity index (χ2n) is 8.77. The molecule has 26 heavy (non-hydrogen) atoms. The highest BCUT2D eigenvalue weighted by atomic mass is 16.6. The van der Waals surface area contributed by atoms with Crippen molar-refractivity contribution < 1.29 is 14.3 Å². The van der Waals surface area contributed by atoms with E-state index in [1.54, 1.807) is 0 Å². The van der Waals surface area contributed by atoms with Gasteiger partial charge in [0.2, 0.25) is 0 Å². The Hall–Kier alpha value is -1.27. The van der Waals surface area contributed by atoms with E-state index in [1.807, 2.05) is 4.68 Å². The molecule has 0 aromatic carbocycles. The van der Waals surface area contributed by atoms with Crippen LogP contribution in [0.25, 0.3) is 0 Å². The third-order valence-electron chi connectivity index (χ3n) is 6.75. The monoisotopic (exact) mass is 359 g/mol. The van der Waals surface area contributed by atoms with Crippen LogP contribution in [-0.4, -0.2) is 46.2 Å². The molecule has 3 heterocycles. The second-order valence-corrected chi connectivity index (χ2v) is 8.77. The van der Waals surface area contributed by atoms with Gasteiger partial charge < -0.3 is 9.47 Å².